The zero-order valence-corrected chi connectivity index (χ0v) is 8.82. The van der Waals surface area contributed by atoms with E-state index in [1.165, 1.54) is 0 Å². The van der Waals surface area contributed by atoms with Crippen LogP contribution in [0.15, 0.2) is 12.4 Å². The molecule has 3 rings (SSSR count). The van der Waals surface area contributed by atoms with Gasteiger partial charge in [-0.15, -0.1) is 0 Å². The van der Waals surface area contributed by atoms with Gasteiger partial charge in [0.2, 0.25) is 0 Å². The topological polar surface area (TPSA) is 70.9 Å². The van der Waals surface area contributed by atoms with Crippen LogP contribution in [0.25, 0.3) is 11.4 Å². The Balaban J connectivity index is 2.28. The van der Waals surface area contributed by atoms with Crippen molar-refractivity contribution in [3.63, 3.8) is 0 Å². The molecule has 0 radical (unpaired) electrons. The van der Waals surface area contributed by atoms with Crippen LogP contribution < -0.4 is 0 Å². The predicted octanol–water partition coefficient (Wildman–Crippen LogP) is 1.44. The summed E-state index contributed by atoms with van der Waals surface area (Å²) in [6.45, 7) is 2.76. The minimum Gasteiger partial charge on any atom is -0.478 e. The Morgan fingerprint density at radius 1 is 1.62 bits per heavy atom. The third-order valence-corrected chi connectivity index (χ3v) is 2.92. The van der Waals surface area contributed by atoms with Gasteiger partial charge in [-0.05, 0) is 6.92 Å². The van der Waals surface area contributed by atoms with E-state index in [9.17, 15) is 4.79 Å². The van der Waals surface area contributed by atoms with Crippen molar-refractivity contribution in [1.82, 2.24) is 14.5 Å². The fourth-order valence-electron chi connectivity index (χ4n) is 2.24. The van der Waals surface area contributed by atoms with Crippen molar-refractivity contribution in [2.45, 2.75) is 19.9 Å². The van der Waals surface area contributed by atoms with Crippen molar-refractivity contribution in [2.75, 3.05) is 0 Å². The van der Waals surface area contributed by atoms with Crippen molar-refractivity contribution in [1.29, 1.82) is 0 Å². The van der Waals surface area contributed by atoms with Crippen molar-refractivity contribution < 1.29 is 9.90 Å². The molecule has 2 aromatic rings. The number of hydrogen-bond acceptors (Lipinski definition) is 2. The number of imidazole rings is 1. The van der Waals surface area contributed by atoms with Crippen molar-refractivity contribution in [3.05, 3.63) is 29.3 Å². The van der Waals surface area contributed by atoms with Gasteiger partial charge in [-0.25, -0.2) is 9.78 Å². The van der Waals surface area contributed by atoms with E-state index in [0.29, 0.717) is 5.56 Å². The van der Waals surface area contributed by atoms with Gasteiger partial charge in [0.15, 0.2) is 0 Å². The molecule has 0 spiro atoms. The Kier molecular flexibility index (Phi) is 1.71. The summed E-state index contributed by atoms with van der Waals surface area (Å²) in [5, 5.41) is 9.11. The first-order valence-electron chi connectivity index (χ1n) is 5.14. The Morgan fingerprint density at radius 2 is 2.44 bits per heavy atom. The molecule has 16 heavy (non-hydrogen) atoms. The van der Waals surface area contributed by atoms with Crippen LogP contribution in [-0.4, -0.2) is 25.6 Å². The van der Waals surface area contributed by atoms with Gasteiger partial charge in [-0.3, -0.25) is 0 Å². The number of aromatic nitrogens is 3. The third-order valence-electron chi connectivity index (χ3n) is 2.92. The second kappa shape index (κ2) is 2.98. The number of hydrogen-bond donors (Lipinski definition) is 2. The van der Waals surface area contributed by atoms with Gasteiger partial charge in [-0.2, -0.15) is 0 Å². The molecule has 0 unspecified atom stereocenters. The van der Waals surface area contributed by atoms with Crippen LogP contribution in [0.4, 0.5) is 0 Å². The molecule has 0 fully saturated rings. The number of carboxylic acids is 1. The fraction of sp³-hybridized carbons (Fsp3) is 0.273. The Bertz CT molecular complexity index is 580. The van der Waals surface area contributed by atoms with Gasteiger partial charge < -0.3 is 14.7 Å². The molecule has 1 aliphatic heterocycles. The molecule has 0 bridgehead atoms. The van der Waals surface area contributed by atoms with Gasteiger partial charge >= 0.3 is 5.97 Å². The first-order chi connectivity index (χ1) is 7.66. The summed E-state index contributed by atoms with van der Waals surface area (Å²) in [6, 6.07) is 0. The summed E-state index contributed by atoms with van der Waals surface area (Å²) in [6.07, 6.45) is 4.33. The number of nitrogens with one attached hydrogen (secondary N) is 1. The number of aromatic amines is 1. The number of carboxylic acid groups (broad SMARTS) is 1. The van der Waals surface area contributed by atoms with Gasteiger partial charge in [0.1, 0.15) is 5.82 Å². The maximum Gasteiger partial charge on any atom is 0.337 e. The second-order valence-corrected chi connectivity index (χ2v) is 4.01. The molecule has 1 aliphatic rings. The SMILES string of the molecule is Cc1cn2c(n1)-c1c(C(=O)O)c[nH]c1CC2. The number of rotatable bonds is 1. The molecule has 2 N–H and O–H groups in total. The monoisotopic (exact) mass is 217 g/mol. The highest BCUT2D eigenvalue weighted by atomic mass is 16.4. The average molecular weight is 217 g/mol. The zero-order chi connectivity index (χ0) is 11.3. The lowest BCUT2D eigenvalue weighted by Crippen LogP contribution is -2.11. The van der Waals surface area contributed by atoms with Crippen molar-refractivity contribution in [3.8, 4) is 11.4 Å². The molecule has 0 saturated heterocycles. The molecule has 2 aromatic heterocycles. The van der Waals surface area contributed by atoms with Crippen LogP contribution in [0.5, 0.6) is 0 Å². The number of fused-ring (bicyclic) bond motifs is 3. The Labute approximate surface area is 91.7 Å². The number of aryl methyl sites for hydroxylation is 3. The Morgan fingerprint density at radius 3 is 3.19 bits per heavy atom. The van der Waals surface area contributed by atoms with Gasteiger partial charge in [0.25, 0.3) is 0 Å². The number of carbonyl (C=O) groups is 1. The second-order valence-electron chi connectivity index (χ2n) is 4.01. The van der Waals surface area contributed by atoms with E-state index in [0.717, 1.165) is 35.7 Å². The molecule has 0 atom stereocenters. The maximum atomic E-state index is 11.1. The lowest BCUT2D eigenvalue weighted by molar-refractivity contribution is 0.0697. The minimum atomic E-state index is -0.911. The molecule has 5 heteroatoms. The fourth-order valence-corrected chi connectivity index (χ4v) is 2.24. The van der Waals surface area contributed by atoms with E-state index >= 15 is 0 Å². The first-order valence-corrected chi connectivity index (χ1v) is 5.14. The molecular formula is C11H11N3O2. The molecule has 0 aromatic carbocycles. The van der Waals surface area contributed by atoms with E-state index in [1.54, 1.807) is 6.20 Å². The van der Waals surface area contributed by atoms with Crippen LogP contribution >= 0.6 is 0 Å². The lowest BCUT2D eigenvalue weighted by Gasteiger charge is -2.14. The number of nitrogens with zero attached hydrogens (tertiary/aromatic N) is 2. The van der Waals surface area contributed by atoms with Crippen LogP contribution in [-0.2, 0) is 13.0 Å². The summed E-state index contributed by atoms with van der Waals surface area (Å²) in [7, 11) is 0. The highest BCUT2D eigenvalue weighted by molar-refractivity contribution is 5.96. The highest BCUT2D eigenvalue weighted by Crippen LogP contribution is 2.31. The first kappa shape index (κ1) is 9.21. The summed E-state index contributed by atoms with van der Waals surface area (Å²) < 4.78 is 2.01. The van der Waals surface area contributed by atoms with Gasteiger partial charge in [0.05, 0.1) is 16.8 Å². The van der Waals surface area contributed by atoms with Crippen LogP contribution in [0.3, 0.4) is 0 Å². The van der Waals surface area contributed by atoms with E-state index in [1.807, 2.05) is 17.7 Å². The summed E-state index contributed by atoms with van der Waals surface area (Å²) >= 11 is 0. The average Bonchev–Trinajstić information content (AvgIpc) is 2.77. The molecule has 0 aliphatic carbocycles. The quantitative estimate of drug-likeness (QED) is 0.759. The lowest BCUT2D eigenvalue weighted by atomic mass is 10.1. The van der Waals surface area contributed by atoms with Crippen LogP contribution in [0.2, 0.25) is 0 Å². The van der Waals surface area contributed by atoms with Crippen LogP contribution in [0, 0.1) is 6.92 Å². The van der Waals surface area contributed by atoms with E-state index in [4.69, 9.17) is 5.11 Å². The summed E-state index contributed by atoms with van der Waals surface area (Å²) in [5.41, 5.74) is 2.93. The van der Waals surface area contributed by atoms with E-state index in [-0.39, 0.29) is 0 Å². The van der Waals surface area contributed by atoms with Crippen molar-refractivity contribution >= 4 is 5.97 Å². The molecule has 0 amide bonds. The van der Waals surface area contributed by atoms with E-state index < -0.39 is 5.97 Å². The largest absolute Gasteiger partial charge is 0.478 e. The van der Waals surface area contributed by atoms with Crippen molar-refractivity contribution in [2.24, 2.45) is 0 Å². The molecule has 82 valence electrons. The molecule has 5 nitrogen and oxygen atoms in total. The summed E-state index contributed by atoms with van der Waals surface area (Å²) in [5.74, 6) is -0.149. The number of aromatic carboxylic acids is 1. The Hall–Kier alpha value is -2.04. The third kappa shape index (κ3) is 1.11. The molecule has 0 saturated carbocycles. The molecular weight excluding hydrogens is 206 g/mol. The summed E-state index contributed by atoms with van der Waals surface area (Å²) in [4.78, 5) is 18.5. The number of H-pyrrole nitrogens is 1. The van der Waals surface area contributed by atoms with E-state index in [2.05, 4.69) is 9.97 Å². The maximum absolute atomic E-state index is 11.1. The predicted molar refractivity (Wildman–Crippen MR) is 57.4 cm³/mol. The normalized spacial score (nSPS) is 13.3. The zero-order valence-electron chi connectivity index (χ0n) is 8.82. The highest BCUT2D eigenvalue weighted by Gasteiger charge is 2.25. The smallest absolute Gasteiger partial charge is 0.337 e. The van der Waals surface area contributed by atoms with Gasteiger partial charge in [-0.1, -0.05) is 0 Å². The van der Waals surface area contributed by atoms with Crippen LogP contribution in [0.1, 0.15) is 21.7 Å². The standard InChI is InChI=1S/C11H11N3O2/c1-6-5-14-3-2-8-9(10(14)13-6)7(4-12-8)11(15)16/h4-5,12H,2-3H2,1H3,(H,15,16). The van der Waals surface area contributed by atoms with Gasteiger partial charge in [0, 0.05) is 31.1 Å². The molecule has 3 heterocycles. The minimum absolute atomic E-state index is 0.307.